The third kappa shape index (κ3) is 4.71. The molecule has 0 aromatic heterocycles. The minimum atomic E-state index is -0.0235. The topological polar surface area (TPSA) is 47.6 Å². The molecule has 1 aromatic carbocycles. The average Bonchev–Trinajstić information content (AvgIpc) is 2.72. The van der Waals surface area contributed by atoms with Crippen LogP contribution in [0.15, 0.2) is 84.0 Å². The van der Waals surface area contributed by atoms with Crippen molar-refractivity contribution in [2.45, 2.75) is 25.7 Å². The van der Waals surface area contributed by atoms with Gasteiger partial charge in [-0.05, 0) is 60.4 Å². The Balaban J connectivity index is 1.50. The van der Waals surface area contributed by atoms with Gasteiger partial charge in [0.2, 0.25) is 0 Å². The molecule has 3 rings (SSSR count). The van der Waals surface area contributed by atoms with Crippen LogP contribution < -0.4 is 0 Å². The van der Waals surface area contributed by atoms with Crippen molar-refractivity contribution in [1.82, 2.24) is 0 Å². The first-order valence-electron chi connectivity index (χ1n) is 9.10. The molecule has 0 amide bonds. The number of benzene rings is 1. The van der Waals surface area contributed by atoms with E-state index in [4.69, 9.17) is 5.26 Å². The summed E-state index contributed by atoms with van der Waals surface area (Å²) in [5, 5.41) is 18.1. The van der Waals surface area contributed by atoms with Crippen molar-refractivity contribution in [3.8, 4) is 12.1 Å². The summed E-state index contributed by atoms with van der Waals surface area (Å²) in [4.78, 5) is 0. The number of nitrogens with zero attached hydrogens (tertiary/aromatic N) is 2. The highest BCUT2D eigenvalue weighted by Crippen LogP contribution is 2.24. The van der Waals surface area contributed by atoms with E-state index in [1.54, 1.807) is 0 Å². The summed E-state index contributed by atoms with van der Waals surface area (Å²) in [7, 11) is 0. The number of hydrogen-bond acceptors (Lipinski definition) is 2. The van der Waals surface area contributed by atoms with Crippen molar-refractivity contribution in [2.75, 3.05) is 0 Å². The van der Waals surface area contributed by atoms with Gasteiger partial charge >= 0.3 is 0 Å². The van der Waals surface area contributed by atoms with E-state index < -0.39 is 0 Å². The summed E-state index contributed by atoms with van der Waals surface area (Å²) in [6.45, 7) is 0. The van der Waals surface area contributed by atoms with Gasteiger partial charge in [0.05, 0.1) is 23.6 Å². The summed E-state index contributed by atoms with van der Waals surface area (Å²) >= 11 is 0. The zero-order chi connectivity index (χ0) is 18.2. The van der Waals surface area contributed by atoms with Crippen LogP contribution >= 0.6 is 0 Å². The fourth-order valence-electron chi connectivity index (χ4n) is 3.25. The highest BCUT2D eigenvalue weighted by molar-refractivity contribution is 5.41. The van der Waals surface area contributed by atoms with E-state index in [-0.39, 0.29) is 5.92 Å². The molecule has 0 aliphatic heterocycles. The molecule has 1 aromatic rings. The summed E-state index contributed by atoms with van der Waals surface area (Å²) in [5.41, 5.74) is 4.30. The van der Waals surface area contributed by atoms with E-state index in [1.807, 2.05) is 42.5 Å². The summed E-state index contributed by atoms with van der Waals surface area (Å²) in [6.07, 6.45) is 21.0. The fourth-order valence-corrected chi connectivity index (χ4v) is 3.25. The molecular formula is C24H22N2. The number of rotatable bonds is 5. The maximum absolute atomic E-state index is 9.21. The molecule has 2 nitrogen and oxygen atoms in total. The van der Waals surface area contributed by atoms with Gasteiger partial charge < -0.3 is 0 Å². The molecule has 2 heteroatoms. The average molecular weight is 338 g/mol. The first-order valence-corrected chi connectivity index (χ1v) is 9.10. The Morgan fingerprint density at radius 1 is 1.08 bits per heavy atom. The van der Waals surface area contributed by atoms with Crippen LogP contribution in [0.3, 0.4) is 0 Å². The molecule has 0 N–H and O–H groups in total. The van der Waals surface area contributed by atoms with Crippen LogP contribution in [0.2, 0.25) is 0 Å². The zero-order valence-electron chi connectivity index (χ0n) is 14.8. The van der Waals surface area contributed by atoms with Gasteiger partial charge in [0.25, 0.3) is 0 Å². The van der Waals surface area contributed by atoms with Crippen LogP contribution in [0.5, 0.6) is 0 Å². The van der Waals surface area contributed by atoms with Gasteiger partial charge in [0.1, 0.15) is 0 Å². The standard InChI is InChI=1S/C24H22N2/c25-17-22-13-11-20(12-14-22)6-5-19-7-9-21(10-8-19)15-16-23-3-1-2-4-24(23)18-26/h1-3,7,9-16,19,24H,4-6,8H2/b16-15-. The van der Waals surface area contributed by atoms with Crippen molar-refractivity contribution >= 4 is 0 Å². The maximum atomic E-state index is 9.21. The molecule has 0 heterocycles. The summed E-state index contributed by atoms with van der Waals surface area (Å²) in [5.74, 6) is 0.538. The van der Waals surface area contributed by atoms with E-state index in [2.05, 4.69) is 42.5 Å². The smallest absolute Gasteiger partial charge is 0.0991 e. The molecule has 0 bridgehead atoms. The lowest BCUT2D eigenvalue weighted by Gasteiger charge is -2.15. The van der Waals surface area contributed by atoms with Gasteiger partial charge in [-0.3, -0.25) is 0 Å². The molecule has 0 saturated heterocycles. The largest absolute Gasteiger partial charge is 0.198 e. The van der Waals surface area contributed by atoms with Gasteiger partial charge in [-0.1, -0.05) is 60.7 Å². The predicted molar refractivity (Wildman–Crippen MR) is 105 cm³/mol. The SMILES string of the molecule is N#Cc1ccc(CCC2C=CC(/C=C\C3=CC=CCC3C#N)=CC2)cc1. The molecule has 0 fully saturated rings. The molecule has 0 saturated carbocycles. The maximum Gasteiger partial charge on any atom is 0.0991 e. The van der Waals surface area contributed by atoms with Gasteiger partial charge in [-0.15, -0.1) is 0 Å². The Kier molecular flexibility index (Phi) is 6.02. The molecule has 2 aliphatic rings. The summed E-state index contributed by atoms with van der Waals surface area (Å²) < 4.78 is 0. The Hall–Kier alpha value is -3.10. The molecule has 2 unspecified atom stereocenters. The minimum Gasteiger partial charge on any atom is -0.198 e. The lowest BCUT2D eigenvalue weighted by atomic mass is 9.89. The first kappa shape index (κ1) is 17.7. The van der Waals surface area contributed by atoms with Gasteiger partial charge in [0, 0.05) is 0 Å². The van der Waals surface area contributed by atoms with E-state index in [9.17, 15) is 5.26 Å². The quantitative estimate of drug-likeness (QED) is 0.704. The summed E-state index contributed by atoms with van der Waals surface area (Å²) in [6, 6.07) is 12.4. The molecular weight excluding hydrogens is 316 g/mol. The third-order valence-electron chi connectivity index (χ3n) is 4.93. The second kappa shape index (κ2) is 8.84. The van der Waals surface area contributed by atoms with Crippen LogP contribution in [-0.4, -0.2) is 0 Å². The number of allylic oxidation sites excluding steroid dienone is 10. The van der Waals surface area contributed by atoms with Gasteiger partial charge in [0.15, 0.2) is 0 Å². The Labute approximate surface area is 155 Å². The molecule has 2 atom stereocenters. The van der Waals surface area contributed by atoms with Crippen molar-refractivity contribution in [2.24, 2.45) is 11.8 Å². The first-order chi connectivity index (χ1) is 12.8. The van der Waals surface area contributed by atoms with Crippen LogP contribution in [0.25, 0.3) is 0 Å². The monoisotopic (exact) mass is 338 g/mol. The van der Waals surface area contributed by atoms with Gasteiger partial charge in [-0.2, -0.15) is 10.5 Å². The molecule has 26 heavy (non-hydrogen) atoms. The van der Waals surface area contributed by atoms with E-state index in [1.165, 1.54) is 11.1 Å². The van der Waals surface area contributed by atoms with Crippen LogP contribution in [0.4, 0.5) is 0 Å². The van der Waals surface area contributed by atoms with E-state index in [0.29, 0.717) is 11.5 Å². The van der Waals surface area contributed by atoms with Crippen molar-refractivity contribution < 1.29 is 0 Å². The zero-order valence-corrected chi connectivity index (χ0v) is 14.8. The fraction of sp³-hybridized carbons (Fsp3) is 0.250. The highest BCUT2D eigenvalue weighted by Gasteiger charge is 2.12. The minimum absolute atomic E-state index is 0.0235. The highest BCUT2D eigenvalue weighted by atomic mass is 14.3. The number of nitriles is 2. The molecule has 0 radical (unpaired) electrons. The van der Waals surface area contributed by atoms with Crippen LogP contribution in [0, 0.1) is 34.5 Å². The second-order valence-corrected chi connectivity index (χ2v) is 6.75. The Morgan fingerprint density at radius 3 is 2.62 bits per heavy atom. The van der Waals surface area contributed by atoms with Crippen molar-refractivity contribution in [3.63, 3.8) is 0 Å². The van der Waals surface area contributed by atoms with Gasteiger partial charge in [-0.25, -0.2) is 0 Å². The van der Waals surface area contributed by atoms with Crippen molar-refractivity contribution in [3.05, 3.63) is 95.1 Å². The number of aryl methyl sites for hydroxylation is 1. The van der Waals surface area contributed by atoms with E-state index in [0.717, 1.165) is 31.3 Å². The van der Waals surface area contributed by atoms with Crippen LogP contribution in [-0.2, 0) is 6.42 Å². The lowest BCUT2D eigenvalue weighted by molar-refractivity contribution is 0.593. The predicted octanol–water partition coefficient (Wildman–Crippen LogP) is 5.58. The Morgan fingerprint density at radius 2 is 1.92 bits per heavy atom. The molecule has 2 aliphatic carbocycles. The normalized spacial score (nSPS) is 21.8. The van der Waals surface area contributed by atoms with Crippen LogP contribution in [0.1, 0.15) is 30.4 Å². The number of hydrogen-bond donors (Lipinski definition) is 0. The Bertz CT molecular complexity index is 864. The molecule has 0 spiro atoms. The molecule has 128 valence electrons. The van der Waals surface area contributed by atoms with E-state index >= 15 is 0 Å². The third-order valence-corrected chi connectivity index (χ3v) is 4.93. The lowest BCUT2D eigenvalue weighted by Crippen LogP contribution is -2.02. The second-order valence-electron chi connectivity index (χ2n) is 6.75. The van der Waals surface area contributed by atoms with Crippen molar-refractivity contribution in [1.29, 1.82) is 10.5 Å².